The maximum Gasteiger partial charge on any atom is 0.295 e. The lowest BCUT2D eigenvalue weighted by molar-refractivity contribution is -0.384. The van der Waals surface area contributed by atoms with E-state index in [2.05, 4.69) is 10.5 Å². The summed E-state index contributed by atoms with van der Waals surface area (Å²) in [7, 11) is -3.84. The second-order valence-corrected chi connectivity index (χ2v) is 7.75. The fourth-order valence-corrected chi connectivity index (χ4v) is 4.07. The van der Waals surface area contributed by atoms with Gasteiger partial charge < -0.3 is 0 Å². The summed E-state index contributed by atoms with van der Waals surface area (Å²) in [6, 6.07) is 9.54. The van der Waals surface area contributed by atoms with E-state index in [1.165, 1.54) is 28.6 Å². The van der Waals surface area contributed by atoms with Gasteiger partial charge in [-0.15, -0.1) is 0 Å². The van der Waals surface area contributed by atoms with E-state index in [0.29, 0.717) is 0 Å². The van der Waals surface area contributed by atoms with Crippen LogP contribution in [0, 0.1) is 15.9 Å². The van der Waals surface area contributed by atoms with Gasteiger partial charge in [0.25, 0.3) is 5.69 Å². The molecule has 2 aromatic carbocycles. The highest BCUT2D eigenvalue weighted by atomic mass is 32.2. The molecule has 0 saturated heterocycles. The van der Waals surface area contributed by atoms with E-state index < -0.39 is 26.5 Å². The highest BCUT2D eigenvalue weighted by molar-refractivity contribution is 7.89. The van der Waals surface area contributed by atoms with Crippen LogP contribution in [0.5, 0.6) is 0 Å². The second-order valence-electron chi connectivity index (χ2n) is 5.81. The monoisotopic (exact) mass is 408 g/mol. The summed E-state index contributed by atoms with van der Waals surface area (Å²) in [6.45, 7) is 5.42. The molecule has 0 aliphatic heterocycles. The van der Waals surface area contributed by atoms with Crippen LogP contribution < -0.4 is 5.43 Å². The molecule has 0 aromatic heterocycles. The molecule has 2 rings (SSSR count). The molecule has 0 spiro atoms. The van der Waals surface area contributed by atoms with Crippen LogP contribution in [0.15, 0.2) is 52.5 Å². The smallest absolute Gasteiger partial charge is 0.271 e. The molecule has 150 valence electrons. The lowest BCUT2D eigenvalue weighted by Gasteiger charge is -2.18. The van der Waals surface area contributed by atoms with Crippen molar-refractivity contribution in [1.82, 2.24) is 4.31 Å². The lowest BCUT2D eigenvalue weighted by atomic mass is 10.1. The Hall–Kier alpha value is -2.85. The number of halogens is 1. The summed E-state index contributed by atoms with van der Waals surface area (Å²) >= 11 is 0. The van der Waals surface area contributed by atoms with Gasteiger partial charge in [-0.1, -0.05) is 32.0 Å². The zero-order chi connectivity index (χ0) is 20.9. The number of anilines is 1. The Morgan fingerprint density at radius 3 is 2.43 bits per heavy atom. The number of nitrogens with zero attached hydrogens (tertiary/aromatic N) is 3. The van der Waals surface area contributed by atoms with Crippen LogP contribution in [0.3, 0.4) is 0 Å². The summed E-state index contributed by atoms with van der Waals surface area (Å²) in [5.41, 5.74) is 2.61. The van der Waals surface area contributed by atoms with Crippen LogP contribution in [-0.4, -0.2) is 36.4 Å². The topological polar surface area (TPSA) is 105 Å². The number of benzene rings is 2. The first-order valence-corrected chi connectivity index (χ1v) is 10.00. The van der Waals surface area contributed by atoms with Gasteiger partial charge in [-0.05, 0) is 25.1 Å². The van der Waals surface area contributed by atoms with E-state index >= 15 is 0 Å². The molecule has 0 radical (unpaired) electrons. The number of nitrogens with one attached hydrogen (secondary N) is 1. The van der Waals surface area contributed by atoms with Crippen LogP contribution in [0.1, 0.15) is 26.3 Å². The van der Waals surface area contributed by atoms with E-state index in [4.69, 9.17) is 0 Å². The number of hydrazone groups is 1. The average Bonchev–Trinajstić information content (AvgIpc) is 2.67. The van der Waals surface area contributed by atoms with Crippen molar-refractivity contribution in [3.63, 3.8) is 0 Å². The molecular formula is C18H21FN4O4S. The van der Waals surface area contributed by atoms with Crippen molar-refractivity contribution in [2.45, 2.75) is 25.7 Å². The summed E-state index contributed by atoms with van der Waals surface area (Å²) in [5.74, 6) is -0.472. The summed E-state index contributed by atoms with van der Waals surface area (Å²) in [6.07, 6.45) is 0. The summed E-state index contributed by atoms with van der Waals surface area (Å²) < 4.78 is 40.2. The Balaban J connectivity index is 2.40. The van der Waals surface area contributed by atoms with Crippen molar-refractivity contribution < 1.29 is 17.7 Å². The normalized spacial score (nSPS) is 12.2. The fraction of sp³-hybridized carbons (Fsp3) is 0.278. The minimum atomic E-state index is -3.84. The maximum atomic E-state index is 13.8. The maximum absolute atomic E-state index is 13.8. The van der Waals surface area contributed by atoms with E-state index in [1.54, 1.807) is 32.9 Å². The van der Waals surface area contributed by atoms with Crippen LogP contribution in [-0.2, 0) is 10.0 Å². The fourth-order valence-electron chi connectivity index (χ4n) is 2.59. The predicted molar refractivity (Wildman–Crippen MR) is 105 cm³/mol. The minimum Gasteiger partial charge on any atom is -0.271 e. The Morgan fingerprint density at radius 1 is 1.21 bits per heavy atom. The van der Waals surface area contributed by atoms with Crippen molar-refractivity contribution in [2.75, 3.05) is 18.5 Å². The van der Waals surface area contributed by atoms with Crippen molar-refractivity contribution in [1.29, 1.82) is 0 Å². The number of hydrogen-bond acceptors (Lipinski definition) is 6. The van der Waals surface area contributed by atoms with Crippen molar-refractivity contribution in [2.24, 2.45) is 5.10 Å². The zero-order valence-electron chi connectivity index (χ0n) is 15.7. The molecular weight excluding hydrogens is 387 g/mol. The van der Waals surface area contributed by atoms with E-state index in [-0.39, 0.29) is 34.9 Å². The van der Waals surface area contributed by atoms with Gasteiger partial charge in [0.2, 0.25) is 10.0 Å². The van der Waals surface area contributed by atoms with Crippen molar-refractivity contribution >= 4 is 27.1 Å². The number of sulfonamides is 1. The first-order valence-electron chi connectivity index (χ1n) is 8.56. The van der Waals surface area contributed by atoms with E-state index in [9.17, 15) is 22.9 Å². The van der Waals surface area contributed by atoms with Gasteiger partial charge in [0.1, 0.15) is 11.5 Å². The Labute approximate surface area is 162 Å². The summed E-state index contributed by atoms with van der Waals surface area (Å²) in [5, 5.41) is 15.4. The molecule has 0 amide bonds. The average molecular weight is 408 g/mol. The second kappa shape index (κ2) is 8.89. The summed E-state index contributed by atoms with van der Waals surface area (Å²) in [4.78, 5) is 10.6. The highest BCUT2D eigenvalue weighted by Gasteiger charge is 2.25. The molecule has 28 heavy (non-hydrogen) atoms. The standard InChI is InChI=1S/C18H21FN4O4S/c1-4-22(5-2)28(26,27)14-10-11-17(18(12-14)23(24)25)21-20-13(3)15-8-6-7-9-16(15)19/h6-12,21H,4-5H2,1-3H3/b20-13+. The van der Waals surface area contributed by atoms with Gasteiger partial charge in [-0.3, -0.25) is 15.5 Å². The molecule has 0 saturated carbocycles. The predicted octanol–water partition coefficient (Wildman–Crippen LogP) is 3.60. The van der Waals surface area contributed by atoms with Crippen LogP contribution in [0.2, 0.25) is 0 Å². The van der Waals surface area contributed by atoms with E-state index in [0.717, 1.165) is 6.07 Å². The van der Waals surface area contributed by atoms with Gasteiger partial charge in [0.05, 0.1) is 15.5 Å². The molecule has 0 fully saturated rings. The minimum absolute atomic E-state index is 0.000753. The van der Waals surface area contributed by atoms with Gasteiger partial charge in [-0.2, -0.15) is 9.41 Å². The van der Waals surface area contributed by atoms with Gasteiger partial charge in [-0.25, -0.2) is 12.8 Å². The quantitative estimate of drug-likeness (QED) is 0.408. The number of nitro groups is 1. The lowest BCUT2D eigenvalue weighted by Crippen LogP contribution is -2.30. The highest BCUT2D eigenvalue weighted by Crippen LogP contribution is 2.29. The Kier molecular flexibility index (Phi) is 6.81. The van der Waals surface area contributed by atoms with Crippen molar-refractivity contribution in [3.05, 3.63) is 64.0 Å². The zero-order valence-corrected chi connectivity index (χ0v) is 16.5. The van der Waals surface area contributed by atoms with Crippen LogP contribution in [0.4, 0.5) is 15.8 Å². The SMILES string of the molecule is CCN(CC)S(=O)(=O)c1ccc(N/N=C(\C)c2ccccc2F)c([N+](=O)[O-])c1. The molecule has 0 heterocycles. The first kappa shape index (κ1) is 21.5. The molecule has 0 aliphatic carbocycles. The first-order chi connectivity index (χ1) is 13.2. The third-order valence-electron chi connectivity index (χ3n) is 4.12. The third kappa shape index (κ3) is 4.52. The van der Waals surface area contributed by atoms with Gasteiger partial charge >= 0.3 is 0 Å². The molecule has 0 aliphatic rings. The van der Waals surface area contributed by atoms with Gasteiger partial charge in [0.15, 0.2) is 0 Å². The molecule has 0 atom stereocenters. The molecule has 8 nitrogen and oxygen atoms in total. The van der Waals surface area contributed by atoms with Crippen LogP contribution in [0.25, 0.3) is 0 Å². The van der Waals surface area contributed by atoms with Crippen molar-refractivity contribution in [3.8, 4) is 0 Å². The van der Waals surface area contributed by atoms with Crippen LogP contribution >= 0.6 is 0 Å². The Bertz CT molecular complexity index is 1000. The number of nitro benzene ring substituents is 1. The largest absolute Gasteiger partial charge is 0.295 e. The number of hydrogen-bond donors (Lipinski definition) is 1. The number of rotatable bonds is 8. The molecule has 10 heteroatoms. The van der Waals surface area contributed by atoms with Gasteiger partial charge in [0, 0.05) is 24.7 Å². The Morgan fingerprint density at radius 2 is 1.86 bits per heavy atom. The third-order valence-corrected chi connectivity index (χ3v) is 6.16. The van der Waals surface area contributed by atoms with E-state index in [1.807, 2.05) is 0 Å². The molecule has 1 N–H and O–H groups in total. The molecule has 2 aromatic rings. The molecule has 0 bridgehead atoms. The molecule has 0 unspecified atom stereocenters.